The van der Waals surface area contributed by atoms with Crippen LogP contribution in [0.15, 0.2) is 0 Å². The summed E-state index contributed by atoms with van der Waals surface area (Å²) in [5.74, 6) is 8.05. The molecule has 4 fully saturated rings. The zero-order valence-electron chi connectivity index (χ0n) is 21.7. The minimum absolute atomic E-state index is 0.763. The predicted molar refractivity (Wildman–Crippen MR) is 132 cm³/mol. The first-order valence-corrected chi connectivity index (χ1v) is 13.6. The molecule has 2 saturated heterocycles. The molecule has 0 amide bonds. The van der Waals surface area contributed by atoms with E-state index in [1.165, 1.54) is 64.7 Å². The van der Waals surface area contributed by atoms with E-state index >= 15 is 0 Å². The lowest BCUT2D eigenvalue weighted by molar-refractivity contribution is 0.241. The Morgan fingerprint density at radius 2 is 0.767 bits per heavy atom. The molecule has 6 atom stereocenters. The van der Waals surface area contributed by atoms with E-state index in [1.54, 1.807) is 0 Å². The van der Waals surface area contributed by atoms with Crippen LogP contribution in [0.2, 0.25) is 0 Å². The zero-order chi connectivity index (χ0) is 22.0. The Hall–Kier alpha value is -0.0800. The number of hydrogen-bond donors (Lipinski definition) is 0. The van der Waals surface area contributed by atoms with Gasteiger partial charge in [0.1, 0.15) is 0 Å². The molecular formula is C28H54N2. The first-order chi connectivity index (χ1) is 14.1. The van der Waals surface area contributed by atoms with Gasteiger partial charge in [0.05, 0.1) is 0 Å². The van der Waals surface area contributed by atoms with Crippen molar-refractivity contribution in [3.05, 3.63) is 0 Å². The summed E-state index contributed by atoms with van der Waals surface area (Å²) in [5.41, 5.74) is 0. The molecule has 2 unspecified atom stereocenters. The van der Waals surface area contributed by atoms with E-state index in [0.717, 1.165) is 59.4 Å². The van der Waals surface area contributed by atoms with Crippen molar-refractivity contribution in [2.24, 2.45) is 47.3 Å². The van der Waals surface area contributed by atoms with Crippen LogP contribution in [0.3, 0.4) is 0 Å². The van der Waals surface area contributed by atoms with Gasteiger partial charge in [-0.1, -0.05) is 27.7 Å². The molecule has 2 aliphatic heterocycles. The van der Waals surface area contributed by atoms with E-state index in [2.05, 4.69) is 65.2 Å². The maximum atomic E-state index is 2.68. The summed E-state index contributed by atoms with van der Waals surface area (Å²) >= 11 is 0. The molecule has 2 heteroatoms. The standard InChI is InChI=1S/2C14H27N/c2*1-10(2)5-12-6-13-8-15(11(3)4)9-14(13)7-12/h2*10-14H,5-9H2,1-4H3/t2*12?,13-,14+. The Bertz CT molecular complexity index is 437. The van der Waals surface area contributed by atoms with Crippen LogP contribution < -0.4 is 0 Å². The number of hydrogen-bond acceptors (Lipinski definition) is 2. The molecule has 0 aromatic carbocycles. The first-order valence-electron chi connectivity index (χ1n) is 13.6. The number of nitrogens with zero attached hydrogens (tertiary/aromatic N) is 2. The summed E-state index contributed by atoms with van der Waals surface area (Å²) in [6.45, 7) is 24.4. The predicted octanol–water partition coefficient (Wildman–Crippen LogP) is 6.80. The van der Waals surface area contributed by atoms with Gasteiger partial charge in [-0.2, -0.15) is 0 Å². The zero-order valence-corrected chi connectivity index (χ0v) is 21.7. The SMILES string of the molecule is CC(C)CC1C[C@@H]2CN(C(C)C)C[C@@H]2C1.CC(C)CC1C[C@@H]2CN(C(C)C)C[C@@H]2C1. The summed E-state index contributed by atoms with van der Waals surface area (Å²) in [6.07, 6.45) is 9.01. The van der Waals surface area contributed by atoms with Crippen LogP contribution in [-0.2, 0) is 0 Å². The average molecular weight is 419 g/mol. The molecule has 0 aromatic rings. The van der Waals surface area contributed by atoms with Crippen LogP contribution in [0.5, 0.6) is 0 Å². The molecule has 2 saturated carbocycles. The normalized spacial score (nSPS) is 36.8. The van der Waals surface area contributed by atoms with Gasteiger partial charge in [-0.25, -0.2) is 0 Å². The third kappa shape index (κ3) is 6.47. The van der Waals surface area contributed by atoms with Gasteiger partial charge in [0.15, 0.2) is 0 Å². The number of likely N-dealkylation sites (tertiary alicyclic amines) is 2. The molecular weight excluding hydrogens is 364 g/mol. The Kier molecular flexibility index (Phi) is 8.75. The van der Waals surface area contributed by atoms with Gasteiger partial charge in [-0.05, 0) is 114 Å². The van der Waals surface area contributed by atoms with Crippen LogP contribution in [0, 0.1) is 47.3 Å². The van der Waals surface area contributed by atoms with E-state index in [1.807, 2.05) is 0 Å². The second-order valence-corrected chi connectivity index (χ2v) is 13.1. The molecule has 2 heterocycles. The van der Waals surface area contributed by atoms with Gasteiger partial charge in [-0.3, -0.25) is 0 Å². The Morgan fingerprint density at radius 3 is 0.967 bits per heavy atom. The van der Waals surface area contributed by atoms with Crippen molar-refractivity contribution in [1.29, 1.82) is 0 Å². The van der Waals surface area contributed by atoms with E-state index in [9.17, 15) is 0 Å². The van der Waals surface area contributed by atoms with Gasteiger partial charge >= 0.3 is 0 Å². The van der Waals surface area contributed by atoms with Crippen LogP contribution in [0.25, 0.3) is 0 Å². The molecule has 4 aliphatic rings. The highest BCUT2D eigenvalue weighted by molar-refractivity contribution is 4.94. The maximum Gasteiger partial charge on any atom is 0.00388 e. The topological polar surface area (TPSA) is 6.48 Å². The lowest BCUT2D eigenvalue weighted by Gasteiger charge is -2.22. The molecule has 0 aromatic heterocycles. The van der Waals surface area contributed by atoms with Gasteiger partial charge < -0.3 is 9.80 Å². The van der Waals surface area contributed by atoms with Crippen molar-refractivity contribution < 1.29 is 0 Å². The summed E-state index contributed by atoms with van der Waals surface area (Å²) < 4.78 is 0. The second kappa shape index (κ2) is 10.7. The van der Waals surface area contributed by atoms with Crippen LogP contribution >= 0.6 is 0 Å². The van der Waals surface area contributed by atoms with Crippen LogP contribution in [-0.4, -0.2) is 48.1 Å². The minimum atomic E-state index is 0.763. The summed E-state index contributed by atoms with van der Waals surface area (Å²) in [7, 11) is 0. The van der Waals surface area contributed by atoms with Gasteiger partial charge in [0, 0.05) is 38.3 Å². The van der Waals surface area contributed by atoms with Crippen molar-refractivity contribution >= 4 is 0 Å². The van der Waals surface area contributed by atoms with Gasteiger partial charge in [0.2, 0.25) is 0 Å². The van der Waals surface area contributed by atoms with E-state index in [0.29, 0.717) is 0 Å². The van der Waals surface area contributed by atoms with E-state index in [4.69, 9.17) is 0 Å². The highest BCUT2D eigenvalue weighted by atomic mass is 15.2. The number of fused-ring (bicyclic) bond motifs is 2. The summed E-state index contributed by atoms with van der Waals surface area (Å²) in [4.78, 5) is 5.36. The Labute approximate surface area is 189 Å². The molecule has 0 N–H and O–H groups in total. The molecule has 2 aliphatic carbocycles. The van der Waals surface area contributed by atoms with Gasteiger partial charge in [0.25, 0.3) is 0 Å². The van der Waals surface area contributed by atoms with Crippen molar-refractivity contribution in [2.75, 3.05) is 26.2 Å². The van der Waals surface area contributed by atoms with Crippen molar-refractivity contribution in [3.8, 4) is 0 Å². The lowest BCUT2D eigenvalue weighted by atomic mass is 9.94. The quantitative estimate of drug-likeness (QED) is 0.468. The molecule has 2 nitrogen and oxygen atoms in total. The summed E-state index contributed by atoms with van der Waals surface area (Å²) in [6, 6.07) is 1.53. The van der Waals surface area contributed by atoms with E-state index < -0.39 is 0 Å². The minimum Gasteiger partial charge on any atom is -0.300 e. The lowest BCUT2D eigenvalue weighted by Crippen LogP contribution is -2.29. The fraction of sp³-hybridized carbons (Fsp3) is 1.00. The second-order valence-electron chi connectivity index (χ2n) is 13.1. The van der Waals surface area contributed by atoms with Gasteiger partial charge in [-0.15, -0.1) is 0 Å². The van der Waals surface area contributed by atoms with Crippen LogP contribution in [0.1, 0.15) is 93.9 Å². The van der Waals surface area contributed by atoms with Crippen molar-refractivity contribution in [3.63, 3.8) is 0 Å². The maximum absolute atomic E-state index is 2.68. The Balaban J connectivity index is 0.000000171. The fourth-order valence-corrected chi connectivity index (χ4v) is 7.48. The summed E-state index contributed by atoms with van der Waals surface area (Å²) in [5, 5.41) is 0. The van der Waals surface area contributed by atoms with Crippen LogP contribution in [0.4, 0.5) is 0 Å². The van der Waals surface area contributed by atoms with E-state index in [-0.39, 0.29) is 0 Å². The highest BCUT2D eigenvalue weighted by Gasteiger charge is 2.42. The highest BCUT2D eigenvalue weighted by Crippen LogP contribution is 2.45. The third-order valence-corrected chi connectivity index (χ3v) is 8.82. The largest absolute Gasteiger partial charge is 0.300 e. The monoisotopic (exact) mass is 418 g/mol. The fourth-order valence-electron chi connectivity index (χ4n) is 7.48. The first kappa shape index (κ1) is 24.6. The molecule has 176 valence electrons. The van der Waals surface area contributed by atoms with Crippen molar-refractivity contribution in [1.82, 2.24) is 9.80 Å². The Morgan fingerprint density at radius 1 is 0.500 bits per heavy atom. The molecule has 0 spiro atoms. The average Bonchev–Trinajstić information content (AvgIpc) is 3.32. The number of rotatable bonds is 6. The van der Waals surface area contributed by atoms with Crippen molar-refractivity contribution in [2.45, 2.75) is 106 Å². The molecule has 4 rings (SSSR count). The smallest absolute Gasteiger partial charge is 0.00388 e. The molecule has 0 bridgehead atoms. The third-order valence-electron chi connectivity index (χ3n) is 8.82. The molecule has 30 heavy (non-hydrogen) atoms. The molecule has 0 radical (unpaired) electrons.